The van der Waals surface area contributed by atoms with Crippen LogP contribution in [0.3, 0.4) is 0 Å². The molecule has 3 rings (SSSR count). The quantitative estimate of drug-likeness (QED) is 0.798. The molecule has 2 N–H and O–H groups in total. The summed E-state index contributed by atoms with van der Waals surface area (Å²) in [5, 5.41) is 12.4. The van der Waals surface area contributed by atoms with E-state index in [0.717, 1.165) is 25.3 Å². The Morgan fingerprint density at radius 2 is 1.85 bits per heavy atom. The van der Waals surface area contributed by atoms with Crippen molar-refractivity contribution in [3.63, 3.8) is 0 Å². The van der Waals surface area contributed by atoms with Gasteiger partial charge in [0.05, 0.1) is 12.1 Å². The maximum absolute atomic E-state index is 13.9. The summed E-state index contributed by atoms with van der Waals surface area (Å²) in [6, 6.07) is 9.04. The molecule has 0 fully saturated rings. The fourth-order valence-electron chi connectivity index (χ4n) is 3.43. The number of ether oxygens (including phenoxy) is 1. The molecule has 144 valence electrons. The van der Waals surface area contributed by atoms with E-state index in [1.807, 2.05) is 0 Å². The van der Waals surface area contributed by atoms with Gasteiger partial charge in [-0.15, -0.1) is 0 Å². The highest BCUT2D eigenvalue weighted by Crippen LogP contribution is 2.43. The third kappa shape index (κ3) is 3.19. The van der Waals surface area contributed by atoms with E-state index < -0.39 is 41.2 Å². The van der Waals surface area contributed by atoms with Crippen LogP contribution in [0.25, 0.3) is 0 Å². The van der Waals surface area contributed by atoms with Crippen molar-refractivity contribution in [2.45, 2.75) is 30.3 Å². The predicted octanol–water partition coefficient (Wildman–Crippen LogP) is 3.00. The minimum absolute atomic E-state index is 0.0951. The number of aliphatic hydroxyl groups excluding tert-OH is 1. The van der Waals surface area contributed by atoms with E-state index in [1.54, 1.807) is 0 Å². The molecule has 0 saturated carbocycles. The second kappa shape index (κ2) is 6.94. The minimum Gasteiger partial charge on any atom is -0.390 e. The fraction of sp³-hybridized carbons (Fsp3) is 0.316. The number of nitrogens with one attached hydrogen (secondary N) is 1. The molecule has 3 atom stereocenters. The highest BCUT2D eigenvalue weighted by Gasteiger charge is 2.63. The average Bonchev–Trinajstić information content (AvgIpc) is 2.91. The van der Waals surface area contributed by atoms with Gasteiger partial charge >= 0.3 is 6.18 Å². The van der Waals surface area contributed by atoms with E-state index in [-0.39, 0.29) is 12.0 Å². The van der Waals surface area contributed by atoms with Crippen molar-refractivity contribution >= 4 is 5.91 Å². The van der Waals surface area contributed by atoms with E-state index in [9.17, 15) is 27.5 Å². The van der Waals surface area contributed by atoms with Crippen LogP contribution in [0.15, 0.2) is 48.5 Å². The Kier molecular flexibility index (Phi) is 4.96. The maximum Gasteiger partial charge on any atom is 0.430 e. The molecule has 0 radical (unpaired) electrons. The standard InChI is InChI=1S/C19H17F4NO3/c1-27-18(19(21,22)23,12-5-3-2-4-6-12)17(26)24-16-14-10-13(20)8-7-11(14)9-15(16)25/h2-8,10,15-16,25H,9H2,1H3,(H,24,26)/t15-,16+,18-/m0/s1. The predicted molar refractivity (Wildman–Crippen MR) is 88.2 cm³/mol. The molecule has 0 heterocycles. The lowest BCUT2D eigenvalue weighted by atomic mass is 9.91. The summed E-state index contributed by atoms with van der Waals surface area (Å²) < 4.78 is 60.1. The second-order valence-electron chi connectivity index (χ2n) is 6.31. The molecule has 2 aromatic rings. The summed E-state index contributed by atoms with van der Waals surface area (Å²) >= 11 is 0. The molecular formula is C19H17F4NO3. The van der Waals surface area contributed by atoms with Crippen molar-refractivity contribution in [1.29, 1.82) is 0 Å². The molecule has 1 aliphatic rings. The molecule has 0 aliphatic heterocycles. The van der Waals surface area contributed by atoms with Crippen LogP contribution < -0.4 is 5.32 Å². The van der Waals surface area contributed by atoms with E-state index in [0.29, 0.717) is 5.56 Å². The van der Waals surface area contributed by atoms with Crippen molar-refractivity contribution in [2.24, 2.45) is 0 Å². The summed E-state index contributed by atoms with van der Waals surface area (Å²) in [5.41, 5.74) is -2.85. The number of rotatable bonds is 4. The van der Waals surface area contributed by atoms with Gasteiger partial charge in [-0.3, -0.25) is 4.79 Å². The summed E-state index contributed by atoms with van der Waals surface area (Å²) in [4.78, 5) is 12.8. The number of hydrogen-bond acceptors (Lipinski definition) is 3. The normalized spacial score (nSPS) is 21.4. The molecule has 27 heavy (non-hydrogen) atoms. The van der Waals surface area contributed by atoms with Crippen LogP contribution >= 0.6 is 0 Å². The number of amides is 1. The smallest absolute Gasteiger partial charge is 0.390 e. The van der Waals surface area contributed by atoms with Gasteiger partial charge in [-0.2, -0.15) is 13.2 Å². The molecule has 4 nitrogen and oxygen atoms in total. The summed E-state index contributed by atoms with van der Waals surface area (Å²) in [6.45, 7) is 0. The Balaban J connectivity index is 2.01. The van der Waals surface area contributed by atoms with E-state index >= 15 is 0 Å². The second-order valence-corrected chi connectivity index (χ2v) is 6.31. The Hall–Kier alpha value is -2.45. The van der Waals surface area contributed by atoms with Crippen LogP contribution in [0.1, 0.15) is 22.7 Å². The largest absolute Gasteiger partial charge is 0.430 e. The lowest BCUT2D eigenvalue weighted by Crippen LogP contribution is -2.56. The number of halogens is 4. The summed E-state index contributed by atoms with van der Waals surface area (Å²) in [7, 11) is 0.790. The van der Waals surface area contributed by atoms with Crippen LogP contribution in [0.2, 0.25) is 0 Å². The SMILES string of the molecule is CO[C@](C(=O)N[C@@H]1c2cc(F)ccc2C[C@@H]1O)(c1ccccc1)C(F)(F)F. The lowest BCUT2D eigenvalue weighted by Gasteiger charge is -2.34. The Morgan fingerprint density at radius 1 is 1.19 bits per heavy atom. The molecule has 0 saturated heterocycles. The van der Waals surface area contributed by atoms with Gasteiger partial charge in [0.1, 0.15) is 5.82 Å². The summed E-state index contributed by atoms with van der Waals surface area (Å²) in [5.74, 6) is -2.09. The average molecular weight is 383 g/mol. The van der Waals surface area contributed by atoms with E-state index in [2.05, 4.69) is 5.32 Å². The Labute approximate surface area is 152 Å². The van der Waals surface area contributed by atoms with Gasteiger partial charge in [-0.05, 0) is 23.3 Å². The number of hydrogen-bond donors (Lipinski definition) is 2. The first-order valence-electron chi connectivity index (χ1n) is 8.15. The van der Waals surface area contributed by atoms with Crippen molar-refractivity contribution in [3.05, 3.63) is 71.0 Å². The van der Waals surface area contributed by atoms with Gasteiger partial charge in [-0.25, -0.2) is 4.39 Å². The van der Waals surface area contributed by atoms with Gasteiger partial charge in [0.2, 0.25) is 0 Å². The number of carbonyl (C=O) groups is 1. The zero-order valence-corrected chi connectivity index (χ0v) is 14.3. The van der Waals surface area contributed by atoms with Crippen molar-refractivity contribution in [1.82, 2.24) is 5.32 Å². The molecule has 8 heteroatoms. The molecule has 0 spiro atoms. The van der Waals surface area contributed by atoms with Crippen LogP contribution in [-0.2, 0) is 21.6 Å². The van der Waals surface area contributed by atoms with Crippen LogP contribution in [0.5, 0.6) is 0 Å². The van der Waals surface area contributed by atoms with Gasteiger partial charge < -0.3 is 15.2 Å². The zero-order valence-electron chi connectivity index (χ0n) is 14.3. The number of methoxy groups -OCH3 is 1. The monoisotopic (exact) mass is 383 g/mol. The van der Waals surface area contributed by atoms with Crippen LogP contribution in [0, 0.1) is 5.82 Å². The molecule has 0 unspecified atom stereocenters. The highest BCUT2D eigenvalue weighted by atomic mass is 19.4. The number of carbonyl (C=O) groups excluding carboxylic acids is 1. The number of aliphatic hydroxyl groups is 1. The number of alkyl halides is 3. The minimum atomic E-state index is -5.07. The first-order chi connectivity index (χ1) is 12.7. The van der Waals surface area contributed by atoms with Crippen molar-refractivity contribution < 1.29 is 32.2 Å². The first kappa shape index (κ1) is 19.3. The van der Waals surface area contributed by atoms with Crippen molar-refractivity contribution in [2.75, 3.05) is 7.11 Å². The van der Waals surface area contributed by atoms with E-state index in [4.69, 9.17) is 4.74 Å². The third-order valence-corrected chi connectivity index (χ3v) is 4.75. The first-order valence-corrected chi connectivity index (χ1v) is 8.15. The maximum atomic E-state index is 13.9. The Morgan fingerprint density at radius 3 is 2.44 bits per heavy atom. The molecule has 2 aromatic carbocycles. The third-order valence-electron chi connectivity index (χ3n) is 4.75. The Bertz CT molecular complexity index is 841. The van der Waals surface area contributed by atoms with Gasteiger partial charge in [-0.1, -0.05) is 36.4 Å². The van der Waals surface area contributed by atoms with Gasteiger partial charge in [0.25, 0.3) is 11.5 Å². The molecule has 1 aliphatic carbocycles. The van der Waals surface area contributed by atoms with Crippen LogP contribution in [0.4, 0.5) is 17.6 Å². The summed E-state index contributed by atoms with van der Waals surface area (Å²) in [6.07, 6.45) is -6.15. The number of benzene rings is 2. The number of fused-ring (bicyclic) bond motifs is 1. The lowest BCUT2D eigenvalue weighted by molar-refractivity contribution is -0.266. The fourth-order valence-corrected chi connectivity index (χ4v) is 3.43. The van der Waals surface area contributed by atoms with Gasteiger partial charge in [0.15, 0.2) is 0 Å². The highest BCUT2D eigenvalue weighted by molar-refractivity contribution is 5.88. The zero-order chi connectivity index (χ0) is 19.8. The van der Waals surface area contributed by atoms with Crippen LogP contribution in [-0.4, -0.2) is 30.4 Å². The molecule has 0 aromatic heterocycles. The topological polar surface area (TPSA) is 58.6 Å². The van der Waals surface area contributed by atoms with Gasteiger partial charge in [0, 0.05) is 19.1 Å². The van der Waals surface area contributed by atoms with Crippen molar-refractivity contribution in [3.8, 4) is 0 Å². The molecule has 0 bridgehead atoms. The van der Waals surface area contributed by atoms with E-state index in [1.165, 1.54) is 30.3 Å². The molecular weight excluding hydrogens is 366 g/mol. The molecule has 1 amide bonds.